The molecule has 0 aliphatic carbocycles. The van der Waals surface area contributed by atoms with E-state index < -0.39 is 22.4 Å². The summed E-state index contributed by atoms with van der Waals surface area (Å²) in [6.45, 7) is 8.67. The van der Waals surface area contributed by atoms with Gasteiger partial charge >= 0.3 is 0 Å². The van der Waals surface area contributed by atoms with Crippen LogP contribution in [-0.2, 0) is 33.3 Å². The van der Waals surface area contributed by atoms with Crippen LogP contribution in [0.5, 0.6) is 0 Å². The number of rotatable bonds is 12. The fraction of sp³-hybridized carbons (Fsp3) is 0.455. The van der Waals surface area contributed by atoms with Gasteiger partial charge in [0.05, 0.1) is 60.0 Å². The largest absolute Gasteiger partial charge is 0.393 e. The van der Waals surface area contributed by atoms with Crippen LogP contribution in [0, 0.1) is 54.3 Å². The zero-order valence-corrected chi connectivity index (χ0v) is 54.6. The first kappa shape index (κ1) is 69.5. The molecule has 0 bridgehead atoms. The summed E-state index contributed by atoms with van der Waals surface area (Å²) in [5.74, 6) is 7.61. The van der Waals surface area contributed by atoms with Crippen molar-refractivity contribution in [2.75, 3.05) is 61.7 Å². The molecule has 5 aliphatic heterocycles. The van der Waals surface area contributed by atoms with Crippen LogP contribution in [0.25, 0.3) is 55.2 Å². The summed E-state index contributed by atoms with van der Waals surface area (Å²) >= 11 is 0. The van der Waals surface area contributed by atoms with E-state index in [1.54, 1.807) is 0 Å². The lowest BCUT2D eigenvalue weighted by Gasteiger charge is -2.28. The molecule has 15 rings (SSSR count). The number of fused-ring (bicyclic) bond motifs is 5. The number of nitrogens with two attached hydrogens (primary N) is 5. The first-order chi connectivity index (χ1) is 47.1. The predicted molar refractivity (Wildman–Crippen MR) is 359 cm³/mol. The summed E-state index contributed by atoms with van der Waals surface area (Å²) in [4.78, 5) is 63.1. The zero-order valence-electron chi connectivity index (χ0n) is 54.6. The van der Waals surface area contributed by atoms with Crippen molar-refractivity contribution in [2.24, 2.45) is 29.6 Å². The fourth-order valence-electron chi connectivity index (χ4n) is 13.3. The van der Waals surface area contributed by atoms with E-state index in [0.717, 1.165) is 45.3 Å². The van der Waals surface area contributed by atoms with Gasteiger partial charge in [0.15, 0.2) is 23.1 Å². The number of ether oxygens (including phenoxy) is 5. The lowest BCUT2D eigenvalue weighted by atomic mass is 9.90. The molecule has 0 saturated carbocycles. The molecule has 516 valence electrons. The van der Waals surface area contributed by atoms with E-state index in [-0.39, 0.29) is 99.9 Å². The maximum atomic E-state index is 11.3. The van der Waals surface area contributed by atoms with Gasteiger partial charge in [0.25, 0.3) is 0 Å². The molecule has 5 fully saturated rings. The molecule has 10 aromatic rings. The second-order valence-electron chi connectivity index (χ2n) is 25.3. The van der Waals surface area contributed by atoms with Crippen molar-refractivity contribution in [3.05, 3.63) is 93.0 Å². The van der Waals surface area contributed by atoms with E-state index in [1.165, 1.54) is 31.6 Å². The van der Waals surface area contributed by atoms with E-state index >= 15 is 0 Å². The summed E-state index contributed by atoms with van der Waals surface area (Å²) in [7, 11) is 0. The molecule has 32 heteroatoms. The highest BCUT2D eigenvalue weighted by molar-refractivity contribution is 5.89. The minimum atomic E-state index is -1.14. The Bertz CT molecular complexity index is 4460. The van der Waals surface area contributed by atoms with Crippen LogP contribution >= 0.6 is 0 Å². The molecule has 0 aromatic carbocycles. The van der Waals surface area contributed by atoms with Crippen LogP contribution in [-0.4, -0.2) is 172 Å². The zero-order chi connectivity index (χ0) is 70.0. The van der Waals surface area contributed by atoms with Crippen LogP contribution in [0.3, 0.4) is 0 Å². The number of aliphatic hydroxyl groups excluding tert-OH is 5. The first-order valence-corrected chi connectivity index (χ1v) is 31.8. The molecule has 15 heterocycles. The minimum Gasteiger partial charge on any atom is -0.393 e. The van der Waals surface area contributed by atoms with Gasteiger partial charge in [-0.05, 0) is 80.2 Å². The van der Waals surface area contributed by atoms with Crippen LogP contribution in [0.2, 0.25) is 0 Å². The molecule has 0 amide bonds. The van der Waals surface area contributed by atoms with Crippen molar-refractivity contribution >= 4 is 96.8 Å². The Morgan fingerprint density at radius 3 is 1.02 bits per heavy atom. The smallest absolute Gasteiger partial charge is 0.156 e. The lowest BCUT2D eigenvalue weighted by molar-refractivity contribution is -0.144. The molecule has 98 heavy (non-hydrogen) atoms. The average molecular weight is 1350 g/mol. The Balaban J connectivity index is 0.000000124. The maximum Gasteiger partial charge on any atom is 0.156 e. The van der Waals surface area contributed by atoms with Crippen molar-refractivity contribution in [2.45, 2.75) is 126 Å². The number of terminal acetylenes is 2. The number of carbonyl (C=O) groups excluding carboxylic acids is 2. The highest BCUT2D eigenvalue weighted by Crippen LogP contribution is 2.46. The molecule has 5 aliphatic rings. The summed E-state index contributed by atoms with van der Waals surface area (Å²) in [5, 5.41) is 51.5. The summed E-state index contributed by atoms with van der Waals surface area (Å²) < 4.78 is 38.7. The number of aliphatic hydroxyl groups is 5. The van der Waals surface area contributed by atoms with E-state index in [9.17, 15) is 35.1 Å². The van der Waals surface area contributed by atoms with Crippen molar-refractivity contribution in [1.82, 2.24) is 72.7 Å². The number of nitrogens with zero attached hydrogens (tertiary/aromatic N) is 15. The third kappa shape index (κ3) is 12.5. The number of aromatic nitrogens is 15. The van der Waals surface area contributed by atoms with Gasteiger partial charge in [-0.3, -0.25) is 0 Å². The Kier molecular flexibility index (Phi) is 20.1. The van der Waals surface area contributed by atoms with Gasteiger partial charge < -0.3 is 110 Å². The molecule has 15 N–H and O–H groups in total. The lowest BCUT2D eigenvalue weighted by Crippen LogP contribution is -2.42. The molecule has 32 nitrogen and oxygen atoms in total. The summed E-state index contributed by atoms with van der Waals surface area (Å²) in [6.07, 6.45) is 30.8. The molecular formula is C66H80N20O12. The molecular weight excluding hydrogens is 1260 g/mol. The number of nitrogen functional groups attached to an aromatic ring is 5. The topological polar surface area (TPSA) is 465 Å². The Labute approximate surface area is 561 Å². The first-order valence-electron chi connectivity index (χ1n) is 31.8. The third-order valence-corrected chi connectivity index (χ3v) is 19.7. The van der Waals surface area contributed by atoms with Gasteiger partial charge in [-0.25, -0.2) is 49.8 Å². The van der Waals surface area contributed by atoms with Gasteiger partial charge in [-0.15, -0.1) is 12.8 Å². The number of anilines is 5. The van der Waals surface area contributed by atoms with E-state index in [2.05, 4.69) is 61.7 Å². The fourth-order valence-corrected chi connectivity index (χ4v) is 13.3. The van der Waals surface area contributed by atoms with Crippen molar-refractivity contribution < 1.29 is 58.8 Å². The molecule has 14 atom stereocenters. The Morgan fingerprint density at radius 2 is 0.755 bits per heavy atom. The Hall–Kier alpha value is -9.84. The highest BCUT2D eigenvalue weighted by atomic mass is 16.6. The number of carbonyl (C=O) groups is 2. The Morgan fingerprint density at radius 1 is 0.439 bits per heavy atom. The monoisotopic (exact) mass is 1340 g/mol. The van der Waals surface area contributed by atoms with Gasteiger partial charge in [0, 0.05) is 42.8 Å². The van der Waals surface area contributed by atoms with Gasteiger partial charge in [-0.2, -0.15) is 0 Å². The van der Waals surface area contributed by atoms with Crippen molar-refractivity contribution in [3.63, 3.8) is 0 Å². The average Bonchev–Trinajstić information content (AvgIpc) is 1.64. The molecule has 5 saturated heterocycles. The summed E-state index contributed by atoms with van der Waals surface area (Å²) in [5.41, 5.74) is 28.7. The van der Waals surface area contributed by atoms with E-state index in [4.69, 9.17) is 65.2 Å². The minimum absolute atomic E-state index is 0.0409. The van der Waals surface area contributed by atoms with Crippen LogP contribution < -0.4 is 28.7 Å². The third-order valence-electron chi connectivity index (χ3n) is 19.7. The second-order valence-corrected chi connectivity index (χ2v) is 25.3. The van der Waals surface area contributed by atoms with Crippen LogP contribution in [0.4, 0.5) is 29.1 Å². The number of hydrogen-bond acceptors (Lipinski definition) is 27. The van der Waals surface area contributed by atoms with Gasteiger partial charge in [0.1, 0.15) is 138 Å². The highest BCUT2D eigenvalue weighted by Gasteiger charge is 2.50. The van der Waals surface area contributed by atoms with Crippen molar-refractivity contribution in [3.8, 4) is 24.7 Å². The van der Waals surface area contributed by atoms with Gasteiger partial charge in [0.2, 0.25) is 0 Å². The van der Waals surface area contributed by atoms with Crippen LogP contribution in [0.15, 0.2) is 93.0 Å². The quantitative estimate of drug-likeness (QED) is 0.0614. The standard InChI is InChI=1S/2C14H16N4O2.C13H18N4O3.C13H16N4O3.C12H14N4O2/c2*1-3-14(7-19)9(2)6-11(20-14)18-5-4-10-12(15)16-8-17-13(10)18;2*1-8-4-10(20-13(8,5-18)6-19)17-3-2-9-11(14)15-7-16-12(9)17;1-7-4-10(18-9(7)5-17)16-3-2-8-11(13)14-6-15-12(8)16/h2*1,4-5,8-9,11,19H,6-7H2,2H3,(H2,15,16,17);2-3,7-8,10,18-19H,4-6H2,1H3,(H2,14,15,16);2-3,5,7-8,10,19H,4,6H2,1H3,(H2,14,15,16);2-3,5-7,9-10H,4H2,1H3,(H2,13,14,15)/t2*9-,11+,14+;8-,10+;8-,10+,13+;7-,9+,10+/m00000/s1. The van der Waals surface area contributed by atoms with Crippen molar-refractivity contribution in [1.29, 1.82) is 0 Å². The van der Waals surface area contributed by atoms with Gasteiger partial charge in [-0.1, -0.05) is 46.5 Å². The molecule has 0 spiro atoms. The van der Waals surface area contributed by atoms with E-state index in [1.807, 2.05) is 119 Å². The normalized spacial score (nSPS) is 28.5. The van der Waals surface area contributed by atoms with Crippen LogP contribution in [0.1, 0.15) is 97.9 Å². The van der Waals surface area contributed by atoms with E-state index in [0.29, 0.717) is 83.6 Å². The maximum absolute atomic E-state index is 11.3. The molecule has 0 unspecified atom stereocenters. The SMILES string of the molecule is C#C[C@]1(CO)O[C@@H](n2ccc3c(N)ncnc32)C[C@@H]1C.C#C[C@]1(CO)O[C@@H](n2ccc3c(N)ncnc32)C[C@@H]1C.C[C@H]1C[C@H](n2ccc3c(N)ncnc32)OC1(CO)CO.C[C@H]1C[C@H](n2ccc3c(N)ncnc32)O[C@@H]1C=O.C[C@H]1C[C@H](n2ccc3c(N)ncnc32)O[C@]1(C=O)CO. The number of hydrogen-bond donors (Lipinski definition) is 10. The summed E-state index contributed by atoms with van der Waals surface area (Å²) in [6, 6.07) is 9.24. The number of aldehydes is 2. The second kappa shape index (κ2) is 28.3. The predicted octanol–water partition coefficient (Wildman–Crippen LogP) is 3.79. The molecule has 10 aromatic heterocycles. The molecule has 0 radical (unpaired) electrons.